The van der Waals surface area contributed by atoms with E-state index in [1.807, 2.05) is 12.1 Å². The third kappa shape index (κ3) is 5.74. The van der Waals surface area contributed by atoms with Gasteiger partial charge in [-0.2, -0.15) is 21.6 Å². The van der Waals surface area contributed by atoms with E-state index in [2.05, 4.69) is 4.18 Å². The van der Waals surface area contributed by atoms with Crippen molar-refractivity contribution in [3.05, 3.63) is 60.7 Å². The molecule has 0 aliphatic heterocycles. The minimum atomic E-state index is -5.88. The van der Waals surface area contributed by atoms with Gasteiger partial charge < -0.3 is 4.80 Å². The van der Waals surface area contributed by atoms with Gasteiger partial charge in [-0.15, -0.1) is 0 Å². The highest BCUT2D eigenvalue weighted by Gasteiger charge is 2.51. The molecule has 0 spiro atoms. The lowest BCUT2D eigenvalue weighted by molar-refractivity contribution is -0.0574. The highest BCUT2D eigenvalue weighted by molar-refractivity contribution is 7.87. The van der Waals surface area contributed by atoms with Gasteiger partial charge in [0.2, 0.25) is 0 Å². The molecule has 172 valence electrons. The van der Waals surface area contributed by atoms with E-state index in [1.165, 1.54) is 0 Å². The standard InChI is InChI=1S/C21H26F4O4SSi/c1-19(2,14-15-20(3,22)16-29-30(26,27)21(23,24)25)31(28,17-10-6-4-7-11-17)18-12-8-5-9-13-18/h4-13,28H,14-16H2,1-3H3. The number of hydrogen-bond donors (Lipinski definition) is 1. The lowest BCUT2D eigenvalue weighted by atomic mass is 9.97. The molecule has 2 rings (SSSR count). The Morgan fingerprint density at radius 1 is 0.839 bits per heavy atom. The maximum Gasteiger partial charge on any atom is 0.523 e. The molecular formula is C21H26F4O4SSi. The molecule has 0 saturated carbocycles. The Bertz CT molecular complexity index is 922. The van der Waals surface area contributed by atoms with E-state index < -0.39 is 41.3 Å². The average Bonchev–Trinajstić information content (AvgIpc) is 2.71. The first-order valence-electron chi connectivity index (χ1n) is 9.60. The van der Waals surface area contributed by atoms with E-state index in [4.69, 9.17) is 0 Å². The predicted octanol–water partition coefficient (Wildman–Crippen LogP) is 3.89. The zero-order valence-electron chi connectivity index (χ0n) is 17.5. The Labute approximate surface area is 181 Å². The Morgan fingerprint density at radius 3 is 1.65 bits per heavy atom. The second-order valence-electron chi connectivity index (χ2n) is 8.40. The highest BCUT2D eigenvalue weighted by Crippen LogP contribution is 2.42. The van der Waals surface area contributed by atoms with Crippen LogP contribution in [0.15, 0.2) is 60.7 Å². The summed E-state index contributed by atoms with van der Waals surface area (Å²) in [6, 6.07) is 18.0. The Hall–Kier alpha value is -1.75. The van der Waals surface area contributed by atoms with Crippen LogP contribution in [0.2, 0.25) is 5.04 Å². The number of hydrogen-bond acceptors (Lipinski definition) is 4. The summed E-state index contributed by atoms with van der Waals surface area (Å²) in [5.74, 6) is 0. The van der Waals surface area contributed by atoms with Crippen LogP contribution in [0.3, 0.4) is 0 Å². The molecule has 10 heteroatoms. The van der Waals surface area contributed by atoms with Crippen LogP contribution in [0.1, 0.15) is 33.6 Å². The van der Waals surface area contributed by atoms with Gasteiger partial charge in [-0.3, -0.25) is 4.18 Å². The summed E-state index contributed by atoms with van der Waals surface area (Å²) in [7, 11) is -9.30. The monoisotopic (exact) mass is 478 g/mol. The maximum atomic E-state index is 14.9. The number of benzene rings is 2. The van der Waals surface area contributed by atoms with Gasteiger partial charge >= 0.3 is 15.6 Å². The molecule has 1 N–H and O–H groups in total. The van der Waals surface area contributed by atoms with E-state index in [-0.39, 0.29) is 12.8 Å². The van der Waals surface area contributed by atoms with Crippen molar-refractivity contribution in [3.63, 3.8) is 0 Å². The minimum Gasteiger partial charge on any atom is -0.424 e. The molecule has 0 saturated heterocycles. The Morgan fingerprint density at radius 2 is 1.26 bits per heavy atom. The summed E-state index contributed by atoms with van der Waals surface area (Å²) in [5.41, 5.74) is -7.96. The largest absolute Gasteiger partial charge is 0.523 e. The molecule has 0 fully saturated rings. The molecule has 0 aliphatic rings. The lowest BCUT2D eigenvalue weighted by Crippen LogP contribution is -2.65. The molecule has 2 aromatic carbocycles. The van der Waals surface area contributed by atoms with Gasteiger partial charge in [-0.1, -0.05) is 74.5 Å². The van der Waals surface area contributed by atoms with Crippen LogP contribution >= 0.6 is 0 Å². The van der Waals surface area contributed by atoms with Crippen molar-refractivity contribution in [3.8, 4) is 0 Å². The van der Waals surface area contributed by atoms with Crippen LogP contribution in [0.4, 0.5) is 17.6 Å². The summed E-state index contributed by atoms with van der Waals surface area (Å²) in [5, 5.41) is 0.580. The lowest BCUT2D eigenvalue weighted by Gasteiger charge is -2.42. The van der Waals surface area contributed by atoms with Crippen LogP contribution in [0.5, 0.6) is 0 Å². The van der Waals surface area contributed by atoms with Crippen LogP contribution in [0, 0.1) is 0 Å². The maximum absolute atomic E-state index is 14.9. The molecule has 1 unspecified atom stereocenters. The molecule has 0 radical (unpaired) electrons. The number of rotatable bonds is 9. The first kappa shape index (κ1) is 25.5. The molecule has 0 aromatic heterocycles. The zero-order chi connectivity index (χ0) is 23.6. The summed E-state index contributed by atoms with van der Waals surface area (Å²) < 4.78 is 78.3. The highest BCUT2D eigenvalue weighted by atomic mass is 32.2. The molecule has 0 heterocycles. The third-order valence-corrected chi connectivity index (χ3v) is 11.0. The Balaban J connectivity index is 2.27. The second kappa shape index (κ2) is 9.01. The minimum absolute atomic E-state index is 0.0853. The fourth-order valence-corrected chi connectivity index (χ4v) is 7.67. The first-order valence-corrected chi connectivity index (χ1v) is 13.0. The molecule has 1 atom stereocenters. The second-order valence-corrected chi connectivity index (χ2v) is 13.9. The third-order valence-electron chi connectivity index (χ3n) is 5.43. The topological polar surface area (TPSA) is 63.6 Å². The van der Waals surface area contributed by atoms with Crippen LogP contribution in [-0.2, 0) is 14.3 Å². The zero-order valence-corrected chi connectivity index (χ0v) is 19.3. The molecule has 2 aromatic rings. The molecule has 31 heavy (non-hydrogen) atoms. The summed E-state index contributed by atoms with van der Waals surface area (Å²) in [6.45, 7) is 3.29. The summed E-state index contributed by atoms with van der Waals surface area (Å²) in [4.78, 5) is 12.0. The van der Waals surface area contributed by atoms with Gasteiger partial charge in [-0.05, 0) is 35.2 Å². The van der Waals surface area contributed by atoms with Gasteiger partial charge in [0, 0.05) is 0 Å². The van der Waals surface area contributed by atoms with E-state index in [9.17, 15) is 30.8 Å². The molecule has 0 bridgehead atoms. The fraction of sp³-hybridized carbons (Fsp3) is 0.429. The summed E-state index contributed by atoms with van der Waals surface area (Å²) >= 11 is 0. The van der Waals surface area contributed by atoms with Crippen molar-refractivity contribution in [2.45, 2.75) is 49.8 Å². The van der Waals surface area contributed by atoms with Crippen LogP contribution in [0.25, 0.3) is 0 Å². The van der Waals surface area contributed by atoms with Crippen molar-refractivity contribution in [1.29, 1.82) is 0 Å². The van der Waals surface area contributed by atoms with E-state index >= 15 is 0 Å². The van der Waals surface area contributed by atoms with Crippen molar-refractivity contribution < 1.29 is 35.0 Å². The molecule has 0 amide bonds. The predicted molar refractivity (Wildman–Crippen MR) is 114 cm³/mol. The Kier molecular flexibility index (Phi) is 7.41. The van der Waals surface area contributed by atoms with Crippen molar-refractivity contribution >= 4 is 28.8 Å². The number of halogens is 4. The van der Waals surface area contributed by atoms with Gasteiger partial charge in [-0.25, -0.2) is 4.39 Å². The smallest absolute Gasteiger partial charge is 0.424 e. The van der Waals surface area contributed by atoms with Gasteiger partial charge in [0.05, 0.1) is 0 Å². The quantitative estimate of drug-likeness (QED) is 0.257. The first-order chi connectivity index (χ1) is 14.1. The van der Waals surface area contributed by atoms with Crippen molar-refractivity contribution in [2.75, 3.05) is 6.61 Å². The van der Waals surface area contributed by atoms with Gasteiger partial charge in [0.25, 0.3) is 8.32 Å². The van der Waals surface area contributed by atoms with Crippen molar-refractivity contribution in [2.24, 2.45) is 0 Å². The molecule has 4 nitrogen and oxygen atoms in total. The van der Waals surface area contributed by atoms with Gasteiger partial charge in [0.15, 0.2) is 0 Å². The van der Waals surface area contributed by atoms with Gasteiger partial charge in [0.1, 0.15) is 12.3 Å². The van der Waals surface area contributed by atoms with E-state index in [1.54, 1.807) is 62.4 Å². The molecular weight excluding hydrogens is 452 g/mol. The van der Waals surface area contributed by atoms with Crippen LogP contribution in [-0.4, -0.2) is 39.3 Å². The van der Waals surface area contributed by atoms with E-state index in [0.29, 0.717) is 10.4 Å². The fourth-order valence-electron chi connectivity index (χ4n) is 3.40. The van der Waals surface area contributed by atoms with Crippen LogP contribution < -0.4 is 10.4 Å². The molecule has 0 aliphatic carbocycles. The van der Waals surface area contributed by atoms with Crippen molar-refractivity contribution in [1.82, 2.24) is 0 Å². The summed E-state index contributed by atoms with van der Waals surface area (Å²) in [6.07, 6.45) is -0.218. The average molecular weight is 479 g/mol. The van der Waals surface area contributed by atoms with E-state index in [0.717, 1.165) is 6.92 Å². The number of alkyl halides is 4. The SMILES string of the molecule is CC(F)(CCC(C)(C)[Si](O)(c1ccccc1)c1ccccc1)COS(=O)(=O)C(F)(F)F. The normalized spacial score (nSPS) is 15.5.